The minimum absolute atomic E-state index is 0.0735. The quantitative estimate of drug-likeness (QED) is 0.753. The Morgan fingerprint density at radius 2 is 2.35 bits per heavy atom. The Bertz CT molecular complexity index is 436. The molecule has 0 saturated carbocycles. The highest BCUT2D eigenvalue weighted by atomic mass is 16.5. The zero-order valence-electron chi connectivity index (χ0n) is 12.5. The summed E-state index contributed by atoms with van der Waals surface area (Å²) in [4.78, 5) is 12.0. The van der Waals surface area contributed by atoms with Gasteiger partial charge in [0.25, 0.3) is 5.91 Å². The second-order valence-corrected chi connectivity index (χ2v) is 5.42. The van der Waals surface area contributed by atoms with Crippen molar-refractivity contribution in [1.29, 1.82) is 0 Å². The highest BCUT2D eigenvalue weighted by molar-refractivity contribution is 5.93. The summed E-state index contributed by atoms with van der Waals surface area (Å²) in [6.07, 6.45) is 6.91. The van der Waals surface area contributed by atoms with Gasteiger partial charge in [0.1, 0.15) is 0 Å². The number of hydrogen-bond donors (Lipinski definition) is 2. The number of carbonyl (C=O) groups excluding carboxylic acids is 1. The first-order chi connectivity index (χ1) is 9.72. The average molecular weight is 279 g/mol. The molecule has 2 heterocycles. The van der Waals surface area contributed by atoms with Crippen molar-refractivity contribution >= 4 is 5.91 Å². The lowest BCUT2D eigenvalue weighted by Crippen LogP contribution is -2.25. The van der Waals surface area contributed by atoms with Gasteiger partial charge in [0.05, 0.1) is 6.10 Å². The van der Waals surface area contributed by atoms with Crippen molar-refractivity contribution in [2.45, 2.75) is 58.5 Å². The van der Waals surface area contributed by atoms with Crippen molar-refractivity contribution in [1.82, 2.24) is 15.5 Å². The third kappa shape index (κ3) is 3.82. The van der Waals surface area contributed by atoms with Crippen LogP contribution in [0.1, 0.15) is 60.8 Å². The summed E-state index contributed by atoms with van der Waals surface area (Å²) in [5, 5.41) is 9.95. The third-order valence-electron chi connectivity index (χ3n) is 3.94. The number of nitrogens with one attached hydrogen (secondary N) is 2. The van der Waals surface area contributed by atoms with Crippen LogP contribution in [0.5, 0.6) is 0 Å². The van der Waals surface area contributed by atoms with Gasteiger partial charge in [0.15, 0.2) is 5.69 Å². The van der Waals surface area contributed by atoms with Crippen molar-refractivity contribution in [2.75, 3.05) is 13.2 Å². The zero-order chi connectivity index (χ0) is 14.4. The highest BCUT2D eigenvalue weighted by Gasteiger charge is 2.16. The topological polar surface area (TPSA) is 67.0 Å². The fraction of sp³-hybridized carbons (Fsp3) is 0.733. The first kappa shape index (κ1) is 15.0. The molecule has 1 aromatic rings. The standard InChI is InChI=1S/C15H25N3O2/c1-3-13-11(2)14(18-17-13)15(19)16-9-5-4-7-12-8-6-10-20-12/h12H,3-10H2,1-2H3,(H,16,19)(H,17,18)/t12-/m0/s1. The van der Waals surface area contributed by atoms with Crippen LogP contribution in [0.4, 0.5) is 0 Å². The maximum atomic E-state index is 12.0. The Labute approximate surface area is 120 Å². The van der Waals surface area contributed by atoms with E-state index in [1.54, 1.807) is 0 Å². The summed E-state index contributed by atoms with van der Waals surface area (Å²) >= 11 is 0. The number of aromatic amines is 1. The lowest BCUT2D eigenvalue weighted by molar-refractivity contribution is 0.0942. The number of carbonyl (C=O) groups is 1. The van der Waals surface area contributed by atoms with Gasteiger partial charge in [-0.2, -0.15) is 5.10 Å². The lowest BCUT2D eigenvalue weighted by atomic mass is 10.1. The molecule has 1 aliphatic heterocycles. The fourth-order valence-electron chi connectivity index (χ4n) is 2.65. The van der Waals surface area contributed by atoms with Crippen LogP contribution in [0.15, 0.2) is 0 Å². The van der Waals surface area contributed by atoms with Crippen LogP contribution in [-0.4, -0.2) is 35.4 Å². The minimum Gasteiger partial charge on any atom is -0.378 e. The predicted molar refractivity (Wildman–Crippen MR) is 77.9 cm³/mol. The van der Waals surface area contributed by atoms with Crippen molar-refractivity contribution in [3.05, 3.63) is 17.0 Å². The van der Waals surface area contributed by atoms with E-state index < -0.39 is 0 Å². The molecule has 0 aliphatic carbocycles. The monoisotopic (exact) mass is 279 g/mol. The number of hydrogen-bond acceptors (Lipinski definition) is 3. The van der Waals surface area contributed by atoms with Crippen LogP contribution in [0, 0.1) is 6.92 Å². The van der Waals surface area contributed by atoms with Crippen molar-refractivity contribution < 1.29 is 9.53 Å². The normalized spacial score (nSPS) is 18.4. The Balaban J connectivity index is 1.65. The van der Waals surface area contributed by atoms with Gasteiger partial charge in [-0.3, -0.25) is 9.89 Å². The Kier molecular flexibility index (Phi) is 5.59. The van der Waals surface area contributed by atoms with Gasteiger partial charge in [-0.25, -0.2) is 0 Å². The first-order valence-electron chi connectivity index (χ1n) is 7.66. The number of amides is 1. The predicted octanol–water partition coefficient (Wildman–Crippen LogP) is 2.36. The van der Waals surface area contributed by atoms with E-state index in [1.165, 1.54) is 12.8 Å². The number of unbranched alkanes of at least 4 members (excludes halogenated alkanes) is 1. The Morgan fingerprint density at radius 3 is 3.00 bits per heavy atom. The number of ether oxygens (including phenoxy) is 1. The van der Waals surface area contributed by atoms with E-state index in [0.29, 0.717) is 18.3 Å². The summed E-state index contributed by atoms with van der Waals surface area (Å²) in [5.41, 5.74) is 2.53. The zero-order valence-corrected chi connectivity index (χ0v) is 12.5. The van der Waals surface area contributed by atoms with E-state index >= 15 is 0 Å². The largest absolute Gasteiger partial charge is 0.378 e. The molecule has 0 aromatic carbocycles. The fourth-order valence-corrected chi connectivity index (χ4v) is 2.65. The molecule has 0 unspecified atom stereocenters. The second kappa shape index (κ2) is 7.43. The Morgan fingerprint density at radius 1 is 1.50 bits per heavy atom. The SMILES string of the molecule is CCc1[nH]nc(C(=O)NCCCC[C@H]2CCCO2)c1C. The molecule has 1 fully saturated rings. The number of nitrogens with zero attached hydrogens (tertiary/aromatic N) is 1. The molecule has 1 aliphatic rings. The van der Waals surface area contributed by atoms with Crippen LogP contribution in [0.25, 0.3) is 0 Å². The Hall–Kier alpha value is -1.36. The third-order valence-corrected chi connectivity index (χ3v) is 3.94. The van der Waals surface area contributed by atoms with Gasteiger partial charge in [-0.05, 0) is 45.4 Å². The van der Waals surface area contributed by atoms with Gasteiger partial charge < -0.3 is 10.1 Å². The lowest BCUT2D eigenvalue weighted by Gasteiger charge is -2.09. The molecule has 2 rings (SSSR count). The van der Waals surface area contributed by atoms with Crippen molar-refractivity contribution in [2.24, 2.45) is 0 Å². The summed E-state index contributed by atoms with van der Waals surface area (Å²) in [5.74, 6) is -0.0735. The maximum absolute atomic E-state index is 12.0. The van der Waals surface area contributed by atoms with E-state index in [2.05, 4.69) is 15.5 Å². The van der Waals surface area contributed by atoms with E-state index in [1.807, 2.05) is 13.8 Å². The molecular formula is C15H25N3O2. The van der Waals surface area contributed by atoms with Crippen LogP contribution in [-0.2, 0) is 11.2 Å². The molecule has 20 heavy (non-hydrogen) atoms. The van der Waals surface area contributed by atoms with Gasteiger partial charge in [0.2, 0.25) is 0 Å². The van der Waals surface area contributed by atoms with Crippen molar-refractivity contribution in [3.8, 4) is 0 Å². The minimum atomic E-state index is -0.0735. The first-order valence-corrected chi connectivity index (χ1v) is 7.66. The maximum Gasteiger partial charge on any atom is 0.272 e. The van der Waals surface area contributed by atoms with Gasteiger partial charge in [-0.15, -0.1) is 0 Å². The molecule has 0 radical (unpaired) electrons. The van der Waals surface area contributed by atoms with Crippen LogP contribution < -0.4 is 5.32 Å². The summed E-state index contributed by atoms with van der Waals surface area (Å²) in [6, 6.07) is 0. The number of aryl methyl sites for hydroxylation is 1. The van der Waals surface area contributed by atoms with E-state index in [0.717, 1.165) is 43.5 Å². The summed E-state index contributed by atoms with van der Waals surface area (Å²) in [6.45, 7) is 5.61. The van der Waals surface area contributed by atoms with Crippen LogP contribution in [0.3, 0.4) is 0 Å². The average Bonchev–Trinajstić information content (AvgIpc) is 3.07. The van der Waals surface area contributed by atoms with E-state index in [9.17, 15) is 4.79 Å². The molecule has 5 heteroatoms. The molecule has 0 bridgehead atoms. The molecule has 1 saturated heterocycles. The van der Waals surface area contributed by atoms with Crippen LogP contribution in [0.2, 0.25) is 0 Å². The smallest absolute Gasteiger partial charge is 0.272 e. The highest BCUT2D eigenvalue weighted by Crippen LogP contribution is 2.17. The second-order valence-electron chi connectivity index (χ2n) is 5.42. The molecule has 1 amide bonds. The number of rotatable bonds is 7. The molecule has 112 valence electrons. The molecule has 1 atom stereocenters. The molecule has 1 aromatic heterocycles. The molecule has 0 spiro atoms. The van der Waals surface area contributed by atoms with Crippen molar-refractivity contribution in [3.63, 3.8) is 0 Å². The summed E-state index contributed by atoms with van der Waals surface area (Å²) < 4.78 is 5.58. The van der Waals surface area contributed by atoms with Gasteiger partial charge in [0, 0.05) is 24.4 Å². The van der Waals surface area contributed by atoms with Gasteiger partial charge in [-0.1, -0.05) is 6.92 Å². The number of H-pyrrole nitrogens is 1. The van der Waals surface area contributed by atoms with E-state index in [4.69, 9.17) is 4.74 Å². The summed E-state index contributed by atoms with van der Waals surface area (Å²) in [7, 11) is 0. The molecule has 5 nitrogen and oxygen atoms in total. The van der Waals surface area contributed by atoms with Gasteiger partial charge >= 0.3 is 0 Å². The number of aromatic nitrogens is 2. The molecular weight excluding hydrogens is 254 g/mol. The van der Waals surface area contributed by atoms with E-state index in [-0.39, 0.29) is 5.91 Å². The molecule has 2 N–H and O–H groups in total. The van der Waals surface area contributed by atoms with Crippen LogP contribution >= 0.6 is 0 Å².